The highest BCUT2D eigenvalue weighted by atomic mass is 19.2. The lowest BCUT2D eigenvalue weighted by molar-refractivity contribution is 0.326. The molecule has 2 heterocycles. The number of aromatic nitrogens is 2. The van der Waals surface area contributed by atoms with Crippen LogP contribution in [0.2, 0.25) is 0 Å². The molecule has 0 aliphatic rings. The summed E-state index contributed by atoms with van der Waals surface area (Å²) in [7, 11) is 0. The minimum atomic E-state index is -1.71. The number of nitrogens with zero attached hydrogens (tertiary/aromatic N) is 2. The first kappa shape index (κ1) is 15.0. The number of nitrogens with one attached hydrogen (secondary N) is 1. The molecule has 0 aromatic carbocycles. The van der Waals surface area contributed by atoms with E-state index < -0.39 is 29.2 Å². The van der Waals surface area contributed by atoms with Gasteiger partial charge in [-0.2, -0.15) is 22.5 Å². The van der Waals surface area contributed by atoms with Gasteiger partial charge in [-0.1, -0.05) is 0 Å². The van der Waals surface area contributed by atoms with Gasteiger partial charge in [0.05, 0.1) is 6.61 Å². The van der Waals surface area contributed by atoms with Crippen LogP contribution in [0.3, 0.4) is 0 Å². The minimum Gasteiger partial charge on any atom is -0.478 e. The van der Waals surface area contributed by atoms with E-state index in [2.05, 4.69) is 15.3 Å². The Bertz CT molecular complexity index is 625. The summed E-state index contributed by atoms with van der Waals surface area (Å²) in [6.45, 7) is 2.12. The fraction of sp³-hybridized carbons (Fsp3) is 0.231. The van der Waals surface area contributed by atoms with Gasteiger partial charge in [0.15, 0.2) is 0 Å². The zero-order valence-corrected chi connectivity index (χ0v) is 11.0. The molecule has 4 nitrogen and oxygen atoms in total. The maximum Gasteiger partial charge on any atom is 0.253 e. The third-order valence-corrected chi connectivity index (χ3v) is 2.56. The zero-order chi connectivity index (χ0) is 15.4. The summed E-state index contributed by atoms with van der Waals surface area (Å²) in [5.74, 6) is -6.23. The van der Waals surface area contributed by atoms with Gasteiger partial charge in [0, 0.05) is 18.8 Å². The molecule has 0 aliphatic heterocycles. The Kier molecular flexibility index (Phi) is 4.56. The monoisotopic (exact) mass is 301 g/mol. The molecule has 0 amide bonds. The highest BCUT2D eigenvalue weighted by molar-refractivity contribution is 5.46. The molecular formula is C13H11F4N3O. The van der Waals surface area contributed by atoms with Crippen LogP contribution in [0.4, 0.5) is 23.2 Å². The number of anilines is 1. The second kappa shape index (κ2) is 6.38. The van der Waals surface area contributed by atoms with E-state index in [1.807, 2.05) is 0 Å². The second-order valence-electron chi connectivity index (χ2n) is 3.99. The molecule has 0 bridgehead atoms. The van der Waals surface area contributed by atoms with Gasteiger partial charge in [-0.15, -0.1) is 0 Å². The topological polar surface area (TPSA) is 47.0 Å². The van der Waals surface area contributed by atoms with Crippen molar-refractivity contribution < 1.29 is 22.3 Å². The maximum absolute atomic E-state index is 13.4. The molecule has 2 aromatic rings. The van der Waals surface area contributed by atoms with Crippen molar-refractivity contribution in [1.29, 1.82) is 0 Å². The van der Waals surface area contributed by atoms with E-state index >= 15 is 0 Å². The van der Waals surface area contributed by atoms with E-state index in [1.54, 1.807) is 19.1 Å². The normalized spacial score (nSPS) is 10.5. The van der Waals surface area contributed by atoms with Crippen molar-refractivity contribution in [3.63, 3.8) is 0 Å². The summed E-state index contributed by atoms with van der Waals surface area (Å²) < 4.78 is 57.9. The largest absolute Gasteiger partial charge is 0.478 e. The molecule has 0 saturated carbocycles. The van der Waals surface area contributed by atoms with Gasteiger partial charge in [0.25, 0.3) is 11.9 Å². The molecule has 2 rings (SSSR count). The first-order valence-corrected chi connectivity index (χ1v) is 6.04. The van der Waals surface area contributed by atoms with Gasteiger partial charge < -0.3 is 10.1 Å². The van der Waals surface area contributed by atoms with Crippen LogP contribution in [0.1, 0.15) is 12.5 Å². The van der Waals surface area contributed by atoms with Crippen molar-refractivity contribution >= 4 is 5.69 Å². The fourth-order valence-electron chi connectivity index (χ4n) is 1.62. The summed E-state index contributed by atoms with van der Waals surface area (Å²) in [6, 6.07) is 3.11. The van der Waals surface area contributed by atoms with Crippen molar-refractivity contribution in [2.75, 3.05) is 11.9 Å². The molecule has 2 aromatic heterocycles. The van der Waals surface area contributed by atoms with Crippen molar-refractivity contribution in [3.05, 3.63) is 47.4 Å². The molecule has 0 aliphatic carbocycles. The van der Waals surface area contributed by atoms with Crippen LogP contribution in [-0.4, -0.2) is 16.6 Å². The zero-order valence-electron chi connectivity index (χ0n) is 11.0. The molecule has 0 fully saturated rings. The smallest absolute Gasteiger partial charge is 0.253 e. The summed E-state index contributed by atoms with van der Waals surface area (Å²) >= 11 is 0. The summed E-state index contributed by atoms with van der Waals surface area (Å²) in [5.41, 5.74) is -0.334. The Morgan fingerprint density at radius 3 is 2.43 bits per heavy atom. The van der Waals surface area contributed by atoms with E-state index in [4.69, 9.17) is 4.74 Å². The predicted molar refractivity (Wildman–Crippen MR) is 66.8 cm³/mol. The average Bonchev–Trinajstić information content (AvgIpc) is 2.46. The van der Waals surface area contributed by atoms with E-state index in [1.165, 1.54) is 6.20 Å². The van der Waals surface area contributed by atoms with E-state index in [0.717, 1.165) is 0 Å². The SMILES string of the molecule is CCOc1cc(CNc2c(F)c(F)nc(F)c2F)ccn1. The van der Waals surface area contributed by atoms with Crippen LogP contribution < -0.4 is 10.1 Å². The number of halogens is 4. The van der Waals surface area contributed by atoms with Crippen LogP contribution in [-0.2, 0) is 6.54 Å². The van der Waals surface area contributed by atoms with Crippen molar-refractivity contribution in [3.8, 4) is 5.88 Å². The Labute approximate surface area is 117 Å². The van der Waals surface area contributed by atoms with Gasteiger partial charge in [-0.05, 0) is 18.6 Å². The minimum absolute atomic E-state index is 0.0701. The third-order valence-electron chi connectivity index (χ3n) is 2.56. The average molecular weight is 301 g/mol. The lowest BCUT2D eigenvalue weighted by atomic mass is 10.2. The fourth-order valence-corrected chi connectivity index (χ4v) is 1.62. The quantitative estimate of drug-likeness (QED) is 0.681. The lowest BCUT2D eigenvalue weighted by Gasteiger charge is -2.10. The molecular weight excluding hydrogens is 290 g/mol. The van der Waals surface area contributed by atoms with Crippen LogP contribution >= 0.6 is 0 Å². The van der Waals surface area contributed by atoms with E-state index in [9.17, 15) is 17.6 Å². The van der Waals surface area contributed by atoms with Gasteiger partial charge >= 0.3 is 0 Å². The van der Waals surface area contributed by atoms with E-state index in [-0.39, 0.29) is 6.54 Å². The first-order valence-electron chi connectivity index (χ1n) is 6.04. The lowest BCUT2D eigenvalue weighted by Crippen LogP contribution is -2.09. The Morgan fingerprint density at radius 1 is 1.14 bits per heavy atom. The maximum atomic E-state index is 13.4. The van der Waals surface area contributed by atoms with Gasteiger partial charge in [-0.3, -0.25) is 0 Å². The molecule has 0 atom stereocenters. The molecule has 1 N–H and O–H groups in total. The van der Waals surface area contributed by atoms with Crippen molar-refractivity contribution in [1.82, 2.24) is 9.97 Å². The van der Waals surface area contributed by atoms with Crippen LogP contribution in [0, 0.1) is 23.5 Å². The number of ether oxygens (including phenoxy) is 1. The predicted octanol–water partition coefficient (Wildman–Crippen LogP) is 3.04. The number of hydrogen-bond donors (Lipinski definition) is 1. The second-order valence-corrected chi connectivity index (χ2v) is 3.99. The van der Waals surface area contributed by atoms with Crippen molar-refractivity contribution in [2.45, 2.75) is 13.5 Å². The molecule has 0 spiro atoms. The summed E-state index contributed by atoms with van der Waals surface area (Å²) in [4.78, 5) is 6.39. The van der Waals surface area contributed by atoms with Crippen LogP contribution in [0.25, 0.3) is 0 Å². The number of hydrogen-bond acceptors (Lipinski definition) is 4. The number of pyridine rings is 2. The van der Waals surface area contributed by atoms with Crippen LogP contribution in [0.15, 0.2) is 18.3 Å². The Balaban J connectivity index is 2.18. The molecule has 8 heteroatoms. The summed E-state index contributed by atoms with van der Waals surface area (Å²) in [5, 5.41) is 2.30. The van der Waals surface area contributed by atoms with Crippen LogP contribution in [0.5, 0.6) is 5.88 Å². The van der Waals surface area contributed by atoms with Gasteiger partial charge in [-0.25, -0.2) is 4.98 Å². The molecule has 0 unspecified atom stereocenters. The van der Waals surface area contributed by atoms with Crippen molar-refractivity contribution in [2.24, 2.45) is 0 Å². The summed E-state index contributed by atoms with van der Waals surface area (Å²) in [6.07, 6.45) is 1.45. The molecule has 21 heavy (non-hydrogen) atoms. The first-order chi connectivity index (χ1) is 10.0. The number of rotatable bonds is 5. The highest BCUT2D eigenvalue weighted by Crippen LogP contribution is 2.23. The highest BCUT2D eigenvalue weighted by Gasteiger charge is 2.20. The Morgan fingerprint density at radius 2 is 1.81 bits per heavy atom. The Hall–Kier alpha value is -2.38. The van der Waals surface area contributed by atoms with Gasteiger partial charge in [0.2, 0.25) is 17.5 Å². The standard InChI is InChI=1S/C13H11F4N3O/c1-2-21-8-5-7(3-4-18-8)6-19-11-9(14)12(16)20-13(17)10(11)15/h3-5H,2,6H2,1H3,(H,19,20). The molecule has 0 saturated heterocycles. The molecule has 0 radical (unpaired) electrons. The molecule has 112 valence electrons. The third kappa shape index (κ3) is 3.39. The van der Waals surface area contributed by atoms with Gasteiger partial charge in [0.1, 0.15) is 5.69 Å². The van der Waals surface area contributed by atoms with E-state index in [0.29, 0.717) is 18.1 Å².